The van der Waals surface area contributed by atoms with Gasteiger partial charge in [0, 0.05) is 13.0 Å². The van der Waals surface area contributed by atoms with E-state index in [1.54, 1.807) is 7.11 Å². The fourth-order valence-corrected chi connectivity index (χ4v) is 5.81. The molecular formula is C19H32O3. The Labute approximate surface area is 135 Å². The van der Waals surface area contributed by atoms with E-state index in [4.69, 9.17) is 9.47 Å². The maximum atomic E-state index is 12.6. The number of carbonyl (C=O) groups excluding carboxylic acids is 1. The minimum Gasteiger partial charge on any atom is -0.458 e. The van der Waals surface area contributed by atoms with Gasteiger partial charge in [0.1, 0.15) is 5.60 Å². The zero-order valence-electron chi connectivity index (χ0n) is 14.6. The maximum absolute atomic E-state index is 12.6. The second-order valence-corrected chi connectivity index (χ2v) is 8.24. The normalized spacial score (nSPS) is 42.2. The Morgan fingerprint density at radius 3 is 2.09 bits per heavy atom. The summed E-state index contributed by atoms with van der Waals surface area (Å²) < 4.78 is 11.8. The van der Waals surface area contributed by atoms with Gasteiger partial charge in [0.05, 0.1) is 12.5 Å². The van der Waals surface area contributed by atoms with Crippen molar-refractivity contribution in [3.05, 3.63) is 0 Å². The third kappa shape index (κ3) is 2.50. The molecular weight excluding hydrogens is 276 g/mol. The molecule has 2 unspecified atom stereocenters. The third-order valence-corrected chi connectivity index (χ3v) is 6.89. The first kappa shape index (κ1) is 16.3. The fourth-order valence-electron chi connectivity index (χ4n) is 5.81. The minimum absolute atomic E-state index is 0.00353. The highest BCUT2D eigenvalue weighted by Crippen LogP contribution is 2.62. The van der Waals surface area contributed by atoms with Crippen molar-refractivity contribution in [1.82, 2.24) is 0 Å². The van der Waals surface area contributed by atoms with Gasteiger partial charge in [-0.1, -0.05) is 20.8 Å². The third-order valence-electron chi connectivity index (χ3n) is 6.89. The average Bonchev–Trinajstić information content (AvgIpc) is 2.49. The van der Waals surface area contributed by atoms with Crippen molar-refractivity contribution < 1.29 is 14.3 Å². The van der Waals surface area contributed by atoms with Crippen LogP contribution in [0.4, 0.5) is 0 Å². The first-order valence-electron chi connectivity index (χ1n) is 9.22. The quantitative estimate of drug-likeness (QED) is 0.694. The number of methoxy groups -OCH3 is 1. The molecule has 0 amide bonds. The number of rotatable bonds is 6. The molecule has 22 heavy (non-hydrogen) atoms. The number of ether oxygens (including phenoxy) is 2. The first-order chi connectivity index (χ1) is 10.5. The molecule has 4 aliphatic carbocycles. The molecule has 0 aromatic heterocycles. The summed E-state index contributed by atoms with van der Waals surface area (Å²) >= 11 is 0. The predicted molar refractivity (Wildman–Crippen MR) is 86.4 cm³/mol. The largest absolute Gasteiger partial charge is 0.458 e. The molecule has 3 heteroatoms. The van der Waals surface area contributed by atoms with Crippen molar-refractivity contribution in [2.75, 3.05) is 13.7 Å². The van der Waals surface area contributed by atoms with Gasteiger partial charge in [-0.15, -0.1) is 0 Å². The zero-order chi connectivity index (χ0) is 15.9. The van der Waals surface area contributed by atoms with Crippen LogP contribution in [0.15, 0.2) is 0 Å². The molecule has 4 rings (SSSR count). The van der Waals surface area contributed by atoms with E-state index >= 15 is 0 Å². The van der Waals surface area contributed by atoms with E-state index < -0.39 is 0 Å². The van der Waals surface area contributed by atoms with Crippen LogP contribution in [-0.4, -0.2) is 25.3 Å². The van der Waals surface area contributed by atoms with E-state index in [0.717, 1.165) is 18.3 Å². The number of esters is 1. The summed E-state index contributed by atoms with van der Waals surface area (Å²) in [4.78, 5) is 12.6. The highest BCUT2D eigenvalue weighted by molar-refractivity contribution is 5.72. The van der Waals surface area contributed by atoms with Crippen LogP contribution in [0, 0.1) is 35.5 Å². The van der Waals surface area contributed by atoms with Crippen LogP contribution in [0.1, 0.15) is 59.3 Å². The summed E-state index contributed by atoms with van der Waals surface area (Å²) in [5.41, 5.74) is -0.260. The lowest BCUT2D eigenvalue weighted by molar-refractivity contribution is -0.234. The van der Waals surface area contributed by atoms with Crippen molar-refractivity contribution in [2.24, 2.45) is 35.5 Å². The molecule has 4 bridgehead atoms. The Hall–Kier alpha value is -0.570. The van der Waals surface area contributed by atoms with Gasteiger partial charge in [-0.2, -0.15) is 0 Å². The van der Waals surface area contributed by atoms with Gasteiger partial charge in [-0.3, -0.25) is 4.79 Å². The minimum atomic E-state index is -0.260. The second kappa shape index (κ2) is 6.14. The van der Waals surface area contributed by atoms with Gasteiger partial charge in [0.2, 0.25) is 0 Å². The fraction of sp³-hybridized carbons (Fsp3) is 0.947. The van der Waals surface area contributed by atoms with Gasteiger partial charge in [-0.25, -0.2) is 0 Å². The van der Waals surface area contributed by atoms with Crippen LogP contribution in [0.3, 0.4) is 0 Å². The molecule has 126 valence electrons. The highest BCUT2D eigenvalue weighted by atomic mass is 16.6. The van der Waals surface area contributed by atoms with E-state index in [1.165, 1.54) is 32.1 Å². The summed E-state index contributed by atoms with van der Waals surface area (Å²) in [6.07, 6.45) is 7.31. The van der Waals surface area contributed by atoms with Gasteiger partial charge >= 0.3 is 5.97 Å². The summed E-state index contributed by atoms with van der Waals surface area (Å²) in [6, 6.07) is 0. The SMILES string of the molecule is CCC(C)C(=O)OC1(C(C)COC)C2CC3CC(C2)CC1C3. The molecule has 0 aliphatic heterocycles. The molecule has 4 aliphatic rings. The van der Waals surface area contributed by atoms with Gasteiger partial charge in [-0.05, 0) is 62.2 Å². The van der Waals surface area contributed by atoms with Crippen LogP contribution >= 0.6 is 0 Å². The Balaban J connectivity index is 1.88. The zero-order valence-corrected chi connectivity index (χ0v) is 14.6. The molecule has 0 radical (unpaired) electrons. The van der Waals surface area contributed by atoms with Crippen molar-refractivity contribution >= 4 is 5.97 Å². The number of carbonyl (C=O) groups is 1. The lowest BCUT2D eigenvalue weighted by Gasteiger charge is -2.62. The number of hydrogen-bond donors (Lipinski definition) is 0. The summed E-state index contributed by atoms with van der Waals surface area (Å²) in [6.45, 7) is 6.98. The summed E-state index contributed by atoms with van der Waals surface area (Å²) in [5.74, 6) is 3.19. The second-order valence-electron chi connectivity index (χ2n) is 8.24. The van der Waals surface area contributed by atoms with Crippen LogP contribution in [-0.2, 0) is 14.3 Å². The molecule has 0 N–H and O–H groups in total. The van der Waals surface area contributed by atoms with E-state index in [1.807, 2.05) is 6.92 Å². The molecule has 0 saturated heterocycles. The van der Waals surface area contributed by atoms with Crippen LogP contribution in [0.25, 0.3) is 0 Å². The molecule has 0 heterocycles. The van der Waals surface area contributed by atoms with Gasteiger partial charge in [0.15, 0.2) is 0 Å². The van der Waals surface area contributed by atoms with Crippen molar-refractivity contribution in [2.45, 2.75) is 64.9 Å². The predicted octanol–water partition coefficient (Wildman–Crippen LogP) is 4.05. The van der Waals surface area contributed by atoms with Crippen molar-refractivity contribution in [1.29, 1.82) is 0 Å². The Bertz CT molecular complexity index is 389. The highest BCUT2D eigenvalue weighted by Gasteiger charge is 2.61. The molecule has 0 aromatic rings. The Kier molecular flexibility index (Phi) is 4.55. The lowest BCUT2D eigenvalue weighted by Crippen LogP contribution is -2.63. The molecule has 2 atom stereocenters. The molecule has 0 spiro atoms. The van der Waals surface area contributed by atoms with E-state index in [9.17, 15) is 4.79 Å². The van der Waals surface area contributed by atoms with Gasteiger partial charge < -0.3 is 9.47 Å². The molecule has 0 aromatic carbocycles. The monoisotopic (exact) mass is 308 g/mol. The Morgan fingerprint density at radius 2 is 1.64 bits per heavy atom. The van der Waals surface area contributed by atoms with E-state index in [-0.39, 0.29) is 17.5 Å². The van der Waals surface area contributed by atoms with Crippen LogP contribution in [0.2, 0.25) is 0 Å². The van der Waals surface area contributed by atoms with E-state index in [2.05, 4.69) is 13.8 Å². The van der Waals surface area contributed by atoms with Gasteiger partial charge in [0.25, 0.3) is 0 Å². The van der Waals surface area contributed by atoms with Crippen LogP contribution in [0.5, 0.6) is 0 Å². The average molecular weight is 308 g/mol. The molecule has 4 saturated carbocycles. The maximum Gasteiger partial charge on any atom is 0.309 e. The molecule has 4 fully saturated rings. The molecule has 3 nitrogen and oxygen atoms in total. The lowest BCUT2D eigenvalue weighted by atomic mass is 9.47. The summed E-state index contributed by atoms with van der Waals surface area (Å²) in [5, 5.41) is 0. The standard InChI is InChI=1S/C19H32O3/c1-5-12(2)18(20)22-19(13(3)11-21-4)16-7-14-6-15(9-16)10-17(19)8-14/h12-17H,5-11H2,1-4H3. The van der Waals surface area contributed by atoms with Crippen molar-refractivity contribution in [3.8, 4) is 0 Å². The smallest absolute Gasteiger partial charge is 0.309 e. The van der Waals surface area contributed by atoms with Crippen LogP contribution < -0.4 is 0 Å². The topological polar surface area (TPSA) is 35.5 Å². The Morgan fingerprint density at radius 1 is 1.09 bits per heavy atom. The number of hydrogen-bond acceptors (Lipinski definition) is 3. The first-order valence-corrected chi connectivity index (χ1v) is 9.22. The summed E-state index contributed by atoms with van der Waals surface area (Å²) in [7, 11) is 1.76. The van der Waals surface area contributed by atoms with E-state index in [0.29, 0.717) is 24.4 Å². The van der Waals surface area contributed by atoms with Crippen molar-refractivity contribution in [3.63, 3.8) is 0 Å².